The van der Waals surface area contributed by atoms with Gasteiger partial charge in [-0.3, -0.25) is 4.79 Å². The Labute approximate surface area is 107 Å². The van der Waals surface area contributed by atoms with Crippen molar-refractivity contribution >= 4 is 5.91 Å². The van der Waals surface area contributed by atoms with E-state index in [9.17, 15) is 9.18 Å². The molecule has 98 valence electrons. The molecule has 1 heterocycles. The molecule has 0 aromatic heterocycles. The normalized spacial score (nSPS) is 19.9. The van der Waals surface area contributed by atoms with E-state index in [4.69, 9.17) is 5.73 Å². The molecule has 0 saturated carbocycles. The minimum absolute atomic E-state index is 0.0932. The van der Waals surface area contributed by atoms with Gasteiger partial charge in [0, 0.05) is 24.7 Å². The van der Waals surface area contributed by atoms with E-state index in [1.54, 1.807) is 24.0 Å². The number of halogens is 1. The van der Waals surface area contributed by atoms with Gasteiger partial charge >= 0.3 is 0 Å². The van der Waals surface area contributed by atoms with E-state index in [1.807, 2.05) is 0 Å². The van der Waals surface area contributed by atoms with E-state index >= 15 is 0 Å². The van der Waals surface area contributed by atoms with Crippen LogP contribution in [0, 0.1) is 12.7 Å². The summed E-state index contributed by atoms with van der Waals surface area (Å²) < 4.78 is 13.5. The summed E-state index contributed by atoms with van der Waals surface area (Å²) in [6.45, 7) is 2.88. The Hall–Kier alpha value is -1.42. The van der Waals surface area contributed by atoms with Crippen molar-refractivity contribution < 1.29 is 9.18 Å². The van der Waals surface area contributed by atoms with Crippen molar-refractivity contribution in [2.45, 2.75) is 32.2 Å². The quantitative estimate of drug-likeness (QED) is 0.873. The smallest absolute Gasteiger partial charge is 0.254 e. The number of nitrogens with two attached hydrogens (primary N) is 1. The Morgan fingerprint density at radius 1 is 1.50 bits per heavy atom. The molecule has 2 N–H and O–H groups in total. The molecule has 1 amide bonds. The van der Waals surface area contributed by atoms with Crippen LogP contribution in [0.1, 0.15) is 35.2 Å². The first-order valence-corrected chi connectivity index (χ1v) is 6.40. The topological polar surface area (TPSA) is 46.3 Å². The monoisotopic (exact) mass is 250 g/mol. The third-order valence-corrected chi connectivity index (χ3v) is 3.58. The summed E-state index contributed by atoms with van der Waals surface area (Å²) in [5.41, 5.74) is 6.67. The van der Waals surface area contributed by atoms with Gasteiger partial charge in [-0.2, -0.15) is 0 Å². The predicted molar refractivity (Wildman–Crippen MR) is 68.9 cm³/mol. The van der Waals surface area contributed by atoms with Crippen molar-refractivity contribution in [2.75, 3.05) is 13.1 Å². The molecular weight excluding hydrogens is 231 g/mol. The lowest BCUT2D eigenvalue weighted by atomic mass is 10.0. The van der Waals surface area contributed by atoms with Crippen LogP contribution < -0.4 is 5.73 Å². The van der Waals surface area contributed by atoms with Crippen LogP contribution in [0.3, 0.4) is 0 Å². The Morgan fingerprint density at radius 2 is 2.28 bits per heavy atom. The standard InChI is InChI=1S/C14H19FN2O/c1-10-5-6-11(8-13(10)15)14(18)17-7-3-2-4-12(17)9-16/h5-6,8,12H,2-4,7,9,16H2,1H3/t12-/m1/s1. The number of aryl methyl sites for hydroxylation is 1. The van der Waals surface area contributed by atoms with Gasteiger partial charge in [-0.15, -0.1) is 0 Å². The zero-order chi connectivity index (χ0) is 13.1. The van der Waals surface area contributed by atoms with Crippen LogP contribution in [0.4, 0.5) is 4.39 Å². The number of likely N-dealkylation sites (tertiary alicyclic amines) is 1. The lowest BCUT2D eigenvalue weighted by Crippen LogP contribution is -2.47. The number of carbonyl (C=O) groups is 1. The van der Waals surface area contributed by atoms with E-state index in [2.05, 4.69) is 0 Å². The molecule has 1 aromatic rings. The zero-order valence-corrected chi connectivity index (χ0v) is 10.7. The number of nitrogens with zero attached hydrogens (tertiary/aromatic N) is 1. The van der Waals surface area contributed by atoms with Crippen LogP contribution in [0.5, 0.6) is 0 Å². The maximum Gasteiger partial charge on any atom is 0.254 e. The van der Waals surface area contributed by atoms with Gasteiger partial charge < -0.3 is 10.6 Å². The molecule has 0 unspecified atom stereocenters. The van der Waals surface area contributed by atoms with Crippen molar-refractivity contribution in [3.63, 3.8) is 0 Å². The Kier molecular flexibility index (Phi) is 3.97. The molecule has 1 aliphatic heterocycles. The summed E-state index contributed by atoms with van der Waals surface area (Å²) in [5, 5.41) is 0. The highest BCUT2D eigenvalue weighted by molar-refractivity contribution is 5.94. The average molecular weight is 250 g/mol. The molecule has 0 bridgehead atoms. The average Bonchev–Trinajstić information content (AvgIpc) is 2.41. The highest BCUT2D eigenvalue weighted by Crippen LogP contribution is 2.20. The van der Waals surface area contributed by atoms with Crippen LogP contribution in [0.25, 0.3) is 0 Å². The highest BCUT2D eigenvalue weighted by Gasteiger charge is 2.26. The second-order valence-corrected chi connectivity index (χ2v) is 4.85. The zero-order valence-electron chi connectivity index (χ0n) is 10.7. The van der Waals surface area contributed by atoms with Crippen molar-refractivity contribution in [3.8, 4) is 0 Å². The molecule has 4 heteroatoms. The summed E-state index contributed by atoms with van der Waals surface area (Å²) in [7, 11) is 0. The van der Waals surface area contributed by atoms with Gasteiger partial charge in [0.05, 0.1) is 0 Å². The second-order valence-electron chi connectivity index (χ2n) is 4.85. The van der Waals surface area contributed by atoms with E-state index in [-0.39, 0.29) is 17.8 Å². The van der Waals surface area contributed by atoms with Gasteiger partial charge in [0.25, 0.3) is 5.91 Å². The molecule has 1 saturated heterocycles. The second kappa shape index (κ2) is 5.48. The minimum atomic E-state index is -0.331. The molecule has 1 atom stereocenters. The fourth-order valence-electron chi connectivity index (χ4n) is 2.40. The van der Waals surface area contributed by atoms with Gasteiger partial charge in [0.15, 0.2) is 0 Å². The third kappa shape index (κ3) is 2.53. The molecule has 3 nitrogen and oxygen atoms in total. The lowest BCUT2D eigenvalue weighted by Gasteiger charge is -2.35. The summed E-state index contributed by atoms with van der Waals surface area (Å²) in [6.07, 6.45) is 3.04. The fraction of sp³-hybridized carbons (Fsp3) is 0.500. The van der Waals surface area contributed by atoms with E-state index in [0.29, 0.717) is 17.7 Å². The summed E-state index contributed by atoms with van der Waals surface area (Å²) in [6, 6.07) is 4.74. The summed E-state index contributed by atoms with van der Waals surface area (Å²) >= 11 is 0. The molecule has 0 aliphatic carbocycles. The molecule has 1 fully saturated rings. The van der Waals surface area contributed by atoms with Gasteiger partial charge in [-0.1, -0.05) is 6.07 Å². The largest absolute Gasteiger partial charge is 0.334 e. The number of carbonyl (C=O) groups excluding carboxylic acids is 1. The molecular formula is C14H19FN2O. The number of hydrogen-bond donors (Lipinski definition) is 1. The number of benzene rings is 1. The van der Waals surface area contributed by atoms with Crippen LogP contribution in [-0.4, -0.2) is 29.9 Å². The summed E-state index contributed by atoms with van der Waals surface area (Å²) in [4.78, 5) is 14.1. The Morgan fingerprint density at radius 3 is 2.94 bits per heavy atom. The first-order chi connectivity index (χ1) is 8.63. The maximum atomic E-state index is 13.5. The van der Waals surface area contributed by atoms with Crippen LogP contribution in [-0.2, 0) is 0 Å². The Balaban J connectivity index is 2.21. The summed E-state index contributed by atoms with van der Waals surface area (Å²) in [5.74, 6) is -0.439. The van der Waals surface area contributed by atoms with E-state index in [0.717, 1.165) is 25.8 Å². The molecule has 1 aliphatic rings. The van der Waals surface area contributed by atoms with Crippen molar-refractivity contribution in [2.24, 2.45) is 5.73 Å². The van der Waals surface area contributed by atoms with Gasteiger partial charge in [0.2, 0.25) is 0 Å². The number of hydrogen-bond acceptors (Lipinski definition) is 2. The van der Waals surface area contributed by atoms with Gasteiger partial charge in [0.1, 0.15) is 5.82 Å². The van der Waals surface area contributed by atoms with Crippen LogP contribution in [0.2, 0.25) is 0 Å². The van der Waals surface area contributed by atoms with Crippen molar-refractivity contribution in [1.29, 1.82) is 0 Å². The van der Waals surface area contributed by atoms with E-state index < -0.39 is 0 Å². The third-order valence-electron chi connectivity index (χ3n) is 3.58. The van der Waals surface area contributed by atoms with Crippen LogP contribution >= 0.6 is 0 Å². The number of piperidine rings is 1. The van der Waals surface area contributed by atoms with Crippen LogP contribution in [0.15, 0.2) is 18.2 Å². The minimum Gasteiger partial charge on any atom is -0.334 e. The van der Waals surface area contributed by atoms with Crippen molar-refractivity contribution in [3.05, 3.63) is 35.1 Å². The molecule has 0 radical (unpaired) electrons. The number of amides is 1. The Bertz CT molecular complexity index is 447. The highest BCUT2D eigenvalue weighted by atomic mass is 19.1. The van der Waals surface area contributed by atoms with Gasteiger partial charge in [-0.05, 0) is 43.9 Å². The molecule has 2 rings (SSSR count). The molecule has 0 spiro atoms. The number of rotatable bonds is 2. The maximum absolute atomic E-state index is 13.5. The first-order valence-electron chi connectivity index (χ1n) is 6.40. The van der Waals surface area contributed by atoms with Gasteiger partial charge in [-0.25, -0.2) is 4.39 Å². The SMILES string of the molecule is Cc1ccc(C(=O)N2CCCC[C@@H]2CN)cc1F. The first kappa shape index (κ1) is 13.0. The molecule has 18 heavy (non-hydrogen) atoms. The fourth-order valence-corrected chi connectivity index (χ4v) is 2.40. The lowest BCUT2D eigenvalue weighted by molar-refractivity contribution is 0.0623. The van der Waals surface area contributed by atoms with E-state index in [1.165, 1.54) is 6.07 Å². The van der Waals surface area contributed by atoms with Crippen molar-refractivity contribution in [1.82, 2.24) is 4.90 Å². The molecule has 1 aromatic carbocycles. The predicted octanol–water partition coefficient (Wildman–Crippen LogP) is 2.09.